The molecule has 0 saturated heterocycles. The van der Waals surface area contributed by atoms with E-state index in [2.05, 4.69) is 52.8 Å². The van der Waals surface area contributed by atoms with Gasteiger partial charge in [0.15, 0.2) is 0 Å². The van der Waals surface area contributed by atoms with Crippen molar-refractivity contribution >= 4 is 22.3 Å². The molecule has 3 nitrogen and oxygen atoms in total. The van der Waals surface area contributed by atoms with E-state index in [-0.39, 0.29) is 0 Å². The summed E-state index contributed by atoms with van der Waals surface area (Å²) >= 11 is 0. The van der Waals surface area contributed by atoms with Crippen LogP contribution >= 0.6 is 0 Å². The number of aromatic nitrogens is 1. The van der Waals surface area contributed by atoms with Crippen molar-refractivity contribution in [2.75, 3.05) is 11.1 Å². The Bertz CT molecular complexity index is 750. The van der Waals surface area contributed by atoms with Crippen LogP contribution < -0.4 is 11.1 Å². The Morgan fingerprint density at radius 1 is 1.00 bits per heavy atom. The molecule has 0 fully saturated rings. The molecule has 0 aliphatic heterocycles. The van der Waals surface area contributed by atoms with Gasteiger partial charge in [-0.05, 0) is 41.5 Å². The molecule has 3 rings (SSSR count). The van der Waals surface area contributed by atoms with Crippen molar-refractivity contribution in [3.8, 4) is 0 Å². The molecule has 100 valence electrons. The third-order valence-electron chi connectivity index (χ3n) is 3.41. The number of hydrogen-bond donors (Lipinski definition) is 2. The molecule has 0 atom stereocenters. The normalized spacial score (nSPS) is 10.7. The van der Waals surface area contributed by atoms with E-state index < -0.39 is 0 Å². The molecule has 3 aromatic rings. The molecule has 0 aliphatic rings. The second kappa shape index (κ2) is 5.21. The third kappa shape index (κ3) is 2.57. The molecule has 0 radical (unpaired) electrons. The Labute approximate surface area is 118 Å². The Morgan fingerprint density at radius 3 is 2.60 bits per heavy atom. The Balaban J connectivity index is 1.77. The first-order valence-electron chi connectivity index (χ1n) is 6.67. The van der Waals surface area contributed by atoms with Gasteiger partial charge in [0.05, 0.1) is 11.4 Å². The zero-order chi connectivity index (χ0) is 13.9. The topological polar surface area (TPSA) is 50.9 Å². The number of nitrogens with zero attached hydrogens (tertiary/aromatic N) is 1. The van der Waals surface area contributed by atoms with E-state index in [4.69, 9.17) is 5.73 Å². The zero-order valence-corrected chi connectivity index (χ0v) is 11.4. The first-order valence-corrected chi connectivity index (χ1v) is 6.67. The summed E-state index contributed by atoms with van der Waals surface area (Å²) in [5.41, 5.74) is 8.58. The van der Waals surface area contributed by atoms with Crippen LogP contribution in [-0.4, -0.2) is 4.98 Å². The van der Waals surface area contributed by atoms with Crippen molar-refractivity contribution in [1.82, 2.24) is 4.98 Å². The average Bonchev–Trinajstić information content (AvgIpc) is 2.48. The van der Waals surface area contributed by atoms with Crippen LogP contribution in [0.2, 0.25) is 0 Å². The summed E-state index contributed by atoms with van der Waals surface area (Å²) in [6.07, 6.45) is 0. The second-order valence-corrected chi connectivity index (χ2v) is 4.91. The van der Waals surface area contributed by atoms with E-state index in [1.54, 1.807) is 0 Å². The van der Waals surface area contributed by atoms with Gasteiger partial charge in [-0.2, -0.15) is 0 Å². The van der Waals surface area contributed by atoms with Crippen molar-refractivity contribution in [3.05, 3.63) is 65.9 Å². The van der Waals surface area contributed by atoms with Crippen LogP contribution in [0.15, 0.2) is 54.6 Å². The summed E-state index contributed by atoms with van der Waals surface area (Å²) < 4.78 is 0. The highest BCUT2D eigenvalue weighted by atomic mass is 15.0. The summed E-state index contributed by atoms with van der Waals surface area (Å²) in [5.74, 6) is 0.852. The summed E-state index contributed by atoms with van der Waals surface area (Å²) in [5, 5.41) is 5.85. The maximum absolute atomic E-state index is 5.77. The van der Waals surface area contributed by atoms with E-state index >= 15 is 0 Å². The number of hydrogen-bond acceptors (Lipinski definition) is 3. The van der Waals surface area contributed by atoms with Gasteiger partial charge in [-0.15, -0.1) is 0 Å². The zero-order valence-electron chi connectivity index (χ0n) is 11.4. The largest absolute Gasteiger partial charge is 0.397 e. The minimum absolute atomic E-state index is 0.723. The number of benzene rings is 2. The van der Waals surface area contributed by atoms with Crippen LogP contribution in [0.5, 0.6) is 0 Å². The first kappa shape index (κ1) is 12.5. The fourth-order valence-electron chi connectivity index (χ4n) is 2.21. The van der Waals surface area contributed by atoms with E-state index in [1.165, 1.54) is 16.3 Å². The van der Waals surface area contributed by atoms with Gasteiger partial charge in [-0.25, -0.2) is 4.98 Å². The lowest BCUT2D eigenvalue weighted by atomic mass is 10.1. The molecule has 3 heteroatoms. The van der Waals surface area contributed by atoms with Crippen molar-refractivity contribution in [2.24, 2.45) is 0 Å². The van der Waals surface area contributed by atoms with Crippen molar-refractivity contribution in [2.45, 2.75) is 13.5 Å². The highest BCUT2D eigenvalue weighted by molar-refractivity contribution is 5.83. The van der Waals surface area contributed by atoms with Gasteiger partial charge in [0.2, 0.25) is 0 Å². The lowest BCUT2D eigenvalue weighted by Gasteiger charge is -2.08. The number of rotatable bonds is 3. The highest BCUT2D eigenvalue weighted by Gasteiger charge is 2.00. The van der Waals surface area contributed by atoms with Crippen LogP contribution in [0.1, 0.15) is 11.3 Å². The minimum atomic E-state index is 0.723. The SMILES string of the molecule is Cc1nc(NCc2ccc3ccccc3c2)ccc1N. The van der Waals surface area contributed by atoms with Crippen molar-refractivity contribution in [1.29, 1.82) is 0 Å². The molecule has 0 spiro atoms. The van der Waals surface area contributed by atoms with E-state index in [9.17, 15) is 0 Å². The summed E-state index contributed by atoms with van der Waals surface area (Å²) in [7, 11) is 0. The fourth-order valence-corrected chi connectivity index (χ4v) is 2.21. The Morgan fingerprint density at radius 2 is 1.80 bits per heavy atom. The predicted molar refractivity (Wildman–Crippen MR) is 84.7 cm³/mol. The minimum Gasteiger partial charge on any atom is -0.397 e. The van der Waals surface area contributed by atoms with E-state index in [1.807, 2.05) is 19.1 Å². The van der Waals surface area contributed by atoms with Crippen LogP contribution in [0.25, 0.3) is 10.8 Å². The maximum Gasteiger partial charge on any atom is 0.126 e. The first-order chi connectivity index (χ1) is 9.72. The molecular formula is C17H17N3. The van der Waals surface area contributed by atoms with Gasteiger partial charge < -0.3 is 11.1 Å². The van der Waals surface area contributed by atoms with Crippen molar-refractivity contribution in [3.63, 3.8) is 0 Å². The van der Waals surface area contributed by atoms with Gasteiger partial charge in [-0.1, -0.05) is 36.4 Å². The molecule has 0 unspecified atom stereocenters. The monoisotopic (exact) mass is 263 g/mol. The molecule has 1 heterocycles. The van der Waals surface area contributed by atoms with Crippen molar-refractivity contribution < 1.29 is 0 Å². The molecule has 3 N–H and O–H groups in total. The van der Waals surface area contributed by atoms with Gasteiger partial charge in [0.1, 0.15) is 5.82 Å². The van der Waals surface area contributed by atoms with Gasteiger partial charge in [0, 0.05) is 6.54 Å². The summed E-state index contributed by atoms with van der Waals surface area (Å²) in [4.78, 5) is 4.41. The number of aryl methyl sites for hydroxylation is 1. The molecule has 0 bridgehead atoms. The van der Waals surface area contributed by atoms with Gasteiger partial charge in [-0.3, -0.25) is 0 Å². The van der Waals surface area contributed by atoms with Crippen LogP contribution in [-0.2, 0) is 6.54 Å². The predicted octanol–water partition coefficient (Wildman–Crippen LogP) is 3.74. The van der Waals surface area contributed by atoms with E-state index in [0.29, 0.717) is 0 Å². The number of pyridine rings is 1. The van der Waals surface area contributed by atoms with E-state index in [0.717, 1.165) is 23.7 Å². The number of nitrogens with one attached hydrogen (secondary N) is 1. The molecule has 0 amide bonds. The second-order valence-electron chi connectivity index (χ2n) is 4.91. The van der Waals surface area contributed by atoms with Gasteiger partial charge >= 0.3 is 0 Å². The number of nitrogens with two attached hydrogens (primary N) is 1. The molecule has 1 aromatic heterocycles. The quantitative estimate of drug-likeness (QED) is 0.757. The van der Waals surface area contributed by atoms with Crippen LogP contribution in [0.4, 0.5) is 11.5 Å². The highest BCUT2D eigenvalue weighted by Crippen LogP contribution is 2.17. The molecule has 2 aromatic carbocycles. The Kier molecular flexibility index (Phi) is 3.25. The van der Waals surface area contributed by atoms with Gasteiger partial charge in [0.25, 0.3) is 0 Å². The third-order valence-corrected chi connectivity index (χ3v) is 3.41. The maximum atomic E-state index is 5.77. The molecule has 20 heavy (non-hydrogen) atoms. The number of fused-ring (bicyclic) bond motifs is 1. The lowest BCUT2D eigenvalue weighted by Crippen LogP contribution is -2.03. The van der Waals surface area contributed by atoms with Crippen LogP contribution in [0.3, 0.4) is 0 Å². The summed E-state index contributed by atoms with van der Waals surface area (Å²) in [6.45, 7) is 2.66. The fraction of sp³-hybridized carbons (Fsp3) is 0.118. The number of anilines is 2. The van der Waals surface area contributed by atoms with Crippen LogP contribution in [0, 0.1) is 6.92 Å². The molecular weight excluding hydrogens is 246 g/mol. The smallest absolute Gasteiger partial charge is 0.126 e. The lowest BCUT2D eigenvalue weighted by molar-refractivity contribution is 1.09. The standard InChI is InChI=1S/C17H17N3/c1-12-16(18)8-9-17(20-12)19-11-13-6-7-14-4-2-3-5-15(14)10-13/h2-10H,11,18H2,1H3,(H,19,20). The Hall–Kier alpha value is -2.55. The summed E-state index contributed by atoms with van der Waals surface area (Å²) in [6, 6.07) is 18.6. The molecule has 0 aliphatic carbocycles. The number of nitrogen functional groups attached to an aromatic ring is 1. The average molecular weight is 263 g/mol. The molecule has 0 saturated carbocycles.